The molecule has 2 aliphatic rings. The Bertz CT molecular complexity index is 648. The van der Waals surface area contributed by atoms with E-state index >= 15 is 0 Å². The lowest BCUT2D eigenvalue weighted by Gasteiger charge is -2.41. The fourth-order valence-electron chi connectivity index (χ4n) is 3.81. The van der Waals surface area contributed by atoms with Crippen molar-refractivity contribution in [1.82, 2.24) is 9.62 Å². The van der Waals surface area contributed by atoms with Crippen LogP contribution in [0.2, 0.25) is 0 Å². The summed E-state index contributed by atoms with van der Waals surface area (Å²) >= 11 is 0. The minimum Gasteiger partial charge on any atom is -0.332 e. The van der Waals surface area contributed by atoms with E-state index in [9.17, 15) is 8.42 Å². The summed E-state index contributed by atoms with van der Waals surface area (Å²) in [5, 5.41) is 0. The maximum absolute atomic E-state index is 11.6. The standard InChI is InChI=1S/C17H31N3O2S/c1-11-14(16(2,3)4)13-9-12(19-23(8,21)22)10-20(13)15(18-11)17(5,6)7/h11-12,19H,9-10H2,1-8H3/t11-,12+/m1/s1. The molecule has 0 amide bonds. The van der Waals surface area contributed by atoms with Crippen molar-refractivity contribution in [3.8, 4) is 0 Å². The highest BCUT2D eigenvalue weighted by Gasteiger charge is 2.42. The molecule has 0 aliphatic carbocycles. The van der Waals surface area contributed by atoms with Crippen LogP contribution in [0.15, 0.2) is 16.3 Å². The summed E-state index contributed by atoms with van der Waals surface area (Å²) in [5.74, 6) is 1.06. The lowest BCUT2D eigenvalue weighted by atomic mass is 9.79. The predicted octanol–water partition coefficient (Wildman–Crippen LogP) is 2.76. The van der Waals surface area contributed by atoms with Crippen molar-refractivity contribution < 1.29 is 8.42 Å². The Hall–Kier alpha value is -0.880. The van der Waals surface area contributed by atoms with Crippen molar-refractivity contribution in [3.05, 3.63) is 11.3 Å². The van der Waals surface area contributed by atoms with Gasteiger partial charge in [0.25, 0.3) is 0 Å². The second-order valence-corrected chi connectivity index (χ2v) is 10.7. The van der Waals surface area contributed by atoms with Crippen molar-refractivity contribution in [1.29, 1.82) is 0 Å². The Morgan fingerprint density at radius 2 is 1.70 bits per heavy atom. The van der Waals surface area contributed by atoms with Gasteiger partial charge in [-0.1, -0.05) is 41.5 Å². The number of amidine groups is 1. The lowest BCUT2D eigenvalue weighted by Crippen LogP contribution is -2.44. The average Bonchev–Trinajstić information content (AvgIpc) is 2.63. The molecule has 132 valence electrons. The van der Waals surface area contributed by atoms with Crippen molar-refractivity contribution in [2.24, 2.45) is 15.8 Å². The van der Waals surface area contributed by atoms with Gasteiger partial charge in [-0.3, -0.25) is 4.99 Å². The molecule has 5 nitrogen and oxygen atoms in total. The first-order chi connectivity index (χ1) is 10.2. The van der Waals surface area contributed by atoms with Crippen LogP contribution >= 0.6 is 0 Å². The average molecular weight is 342 g/mol. The van der Waals surface area contributed by atoms with E-state index in [-0.39, 0.29) is 22.9 Å². The summed E-state index contributed by atoms with van der Waals surface area (Å²) < 4.78 is 26.1. The normalized spacial score (nSPS) is 26.4. The van der Waals surface area contributed by atoms with E-state index in [1.807, 2.05) is 0 Å². The molecule has 0 spiro atoms. The van der Waals surface area contributed by atoms with Crippen LogP contribution in [-0.2, 0) is 10.0 Å². The van der Waals surface area contributed by atoms with Crippen LogP contribution in [0, 0.1) is 10.8 Å². The molecule has 2 aliphatic heterocycles. The van der Waals surface area contributed by atoms with Crippen LogP contribution in [0.3, 0.4) is 0 Å². The molecule has 6 heteroatoms. The number of hydrogen-bond donors (Lipinski definition) is 1. The number of sulfonamides is 1. The number of rotatable bonds is 2. The SMILES string of the molecule is C[C@H]1N=C(C(C)(C)C)N2C[C@@H](NS(C)(=O)=O)CC2=C1C(C)(C)C. The number of aliphatic imine (C=N–C) groups is 1. The second-order valence-electron chi connectivity index (χ2n) is 8.89. The molecule has 0 radical (unpaired) electrons. The van der Waals surface area contributed by atoms with E-state index in [4.69, 9.17) is 4.99 Å². The van der Waals surface area contributed by atoms with Crippen molar-refractivity contribution in [2.75, 3.05) is 12.8 Å². The highest BCUT2D eigenvalue weighted by Crippen LogP contribution is 2.42. The molecule has 0 unspecified atom stereocenters. The van der Waals surface area contributed by atoms with Crippen LogP contribution in [0.1, 0.15) is 54.9 Å². The highest BCUT2D eigenvalue weighted by atomic mass is 32.2. The summed E-state index contributed by atoms with van der Waals surface area (Å²) in [5.41, 5.74) is 2.53. The van der Waals surface area contributed by atoms with Crippen LogP contribution in [0.5, 0.6) is 0 Å². The third-order valence-electron chi connectivity index (χ3n) is 4.33. The molecule has 2 heterocycles. The maximum atomic E-state index is 11.6. The summed E-state index contributed by atoms with van der Waals surface area (Å²) in [7, 11) is -3.21. The van der Waals surface area contributed by atoms with Crippen molar-refractivity contribution in [2.45, 2.75) is 67.0 Å². The first-order valence-corrected chi connectivity index (χ1v) is 10.2. The Morgan fingerprint density at radius 1 is 1.13 bits per heavy atom. The van der Waals surface area contributed by atoms with Gasteiger partial charge in [0.2, 0.25) is 10.0 Å². The molecule has 1 saturated heterocycles. The monoisotopic (exact) mass is 341 g/mol. The molecule has 2 atom stereocenters. The highest BCUT2D eigenvalue weighted by molar-refractivity contribution is 7.88. The number of nitrogens with one attached hydrogen (secondary N) is 1. The Morgan fingerprint density at radius 3 is 2.13 bits per heavy atom. The van der Waals surface area contributed by atoms with Crippen LogP contribution in [-0.4, -0.2) is 44.0 Å². The Balaban J connectivity index is 2.48. The van der Waals surface area contributed by atoms with Gasteiger partial charge in [0, 0.05) is 30.1 Å². The minimum absolute atomic E-state index is 0.0138. The van der Waals surface area contributed by atoms with Gasteiger partial charge in [0.05, 0.1) is 12.3 Å². The molecular weight excluding hydrogens is 310 g/mol. The fourth-order valence-corrected chi connectivity index (χ4v) is 4.57. The molecule has 2 rings (SSSR count). The smallest absolute Gasteiger partial charge is 0.209 e. The Labute approximate surface area is 141 Å². The number of nitrogens with zero attached hydrogens (tertiary/aromatic N) is 2. The zero-order valence-electron chi connectivity index (χ0n) is 15.7. The van der Waals surface area contributed by atoms with E-state index in [0.29, 0.717) is 6.54 Å². The van der Waals surface area contributed by atoms with Gasteiger partial charge in [-0.05, 0) is 17.9 Å². The topological polar surface area (TPSA) is 61.8 Å². The molecule has 0 bridgehead atoms. The first-order valence-electron chi connectivity index (χ1n) is 8.27. The molecule has 0 aromatic rings. The van der Waals surface area contributed by atoms with Gasteiger partial charge in [-0.15, -0.1) is 0 Å². The third kappa shape index (κ3) is 3.97. The van der Waals surface area contributed by atoms with Gasteiger partial charge >= 0.3 is 0 Å². The Kier molecular flexibility index (Phi) is 4.48. The van der Waals surface area contributed by atoms with E-state index in [0.717, 1.165) is 12.3 Å². The van der Waals surface area contributed by atoms with Gasteiger partial charge in [0.1, 0.15) is 5.84 Å². The third-order valence-corrected chi connectivity index (χ3v) is 5.09. The molecular formula is C17H31N3O2S. The van der Waals surface area contributed by atoms with E-state index in [1.165, 1.54) is 17.5 Å². The summed E-state index contributed by atoms with van der Waals surface area (Å²) in [4.78, 5) is 7.24. The van der Waals surface area contributed by atoms with Crippen LogP contribution in [0.25, 0.3) is 0 Å². The molecule has 23 heavy (non-hydrogen) atoms. The van der Waals surface area contributed by atoms with E-state index < -0.39 is 10.0 Å². The molecule has 1 fully saturated rings. The fraction of sp³-hybridized carbons (Fsp3) is 0.824. The number of fused-ring (bicyclic) bond motifs is 1. The zero-order valence-corrected chi connectivity index (χ0v) is 16.5. The van der Waals surface area contributed by atoms with E-state index in [2.05, 4.69) is 58.1 Å². The molecule has 0 saturated carbocycles. The molecule has 1 N–H and O–H groups in total. The summed E-state index contributed by atoms with van der Waals surface area (Å²) in [6.45, 7) is 15.9. The van der Waals surface area contributed by atoms with Crippen molar-refractivity contribution in [3.63, 3.8) is 0 Å². The molecule has 0 aromatic heterocycles. The minimum atomic E-state index is -3.21. The van der Waals surface area contributed by atoms with Crippen molar-refractivity contribution >= 4 is 15.9 Å². The van der Waals surface area contributed by atoms with Gasteiger partial charge < -0.3 is 4.90 Å². The maximum Gasteiger partial charge on any atom is 0.209 e. The lowest BCUT2D eigenvalue weighted by molar-refractivity contribution is 0.393. The second kappa shape index (κ2) is 5.59. The van der Waals surface area contributed by atoms with Gasteiger partial charge in [-0.25, -0.2) is 13.1 Å². The quantitative estimate of drug-likeness (QED) is 0.840. The first kappa shape index (κ1) is 18.5. The zero-order chi connectivity index (χ0) is 17.8. The van der Waals surface area contributed by atoms with Crippen LogP contribution < -0.4 is 4.72 Å². The number of hydrogen-bond acceptors (Lipinski definition) is 4. The van der Waals surface area contributed by atoms with Gasteiger partial charge in [-0.2, -0.15) is 0 Å². The van der Waals surface area contributed by atoms with Gasteiger partial charge in [0.15, 0.2) is 0 Å². The van der Waals surface area contributed by atoms with Crippen LogP contribution in [0.4, 0.5) is 0 Å². The molecule has 0 aromatic carbocycles. The summed E-state index contributed by atoms with van der Waals surface area (Å²) in [6.07, 6.45) is 1.96. The summed E-state index contributed by atoms with van der Waals surface area (Å²) in [6, 6.07) is 0.0441. The largest absolute Gasteiger partial charge is 0.332 e. The van der Waals surface area contributed by atoms with E-state index in [1.54, 1.807) is 0 Å². The predicted molar refractivity (Wildman–Crippen MR) is 95.9 cm³/mol.